The minimum atomic E-state index is -3.09. The number of nitrogens with zero attached hydrogens (tertiary/aromatic N) is 4. The van der Waals surface area contributed by atoms with Crippen LogP contribution in [0.4, 0.5) is 4.39 Å². The summed E-state index contributed by atoms with van der Waals surface area (Å²) in [6.45, 7) is 0.587. The number of ether oxygens (including phenoxy) is 3. The van der Waals surface area contributed by atoms with Crippen LogP contribution in [0.25, 0.3) is 11.2 Å². The number of imidazole rings is 1. The molecule has 1 aliphatic rings. The van der Waals surface area contributed by atoms with Crippen LogP contribution < -0.4 is 4.74 Å². The normalized spacial score (nSPS) is 28.3. The summed E-state index contributed by atoms with van der Waals surface area (Å²) in [5.74, 6) is 0.310. The monoisotopic (exact) mass is 406 g/mol. The molecule has 2 aromatic heterocycles. The SMILES string of the molecule is CCOc1ncnc2c1ncn2[C@@H]1O[C@H](COC)[C@@H](OP(C)(O)=S)[C@H]1F. The van der Waals surface area contributed by atoms with Crippen molar-refractivity contribution in [3.05, 3.63) is 12.7 Å². The highest BCUT2D eigenvalue weighted by atomic mass is 32.5. The van der Waals surface area contributed by atoms with Crippen molar-refractivity contribution in [2.24, 2.45) is 0 Å². The van der Waals surface area contributed by atoms with Crippen LogP contribution in [0.5, 0.6) is 5.88 Å². The van der Waals surface area contributed by atoms with Crippen molar-refractivity contribution in [1.29, 1.82) is 0 Å². The standard InChI is InChI=1S/C14H20FN4O5PS/c1-4-22-13-10-12(16-6-17-13)19(7-18-10)14-9(15)11(24-25(3,20)26)8(23-14)5-21-2/h6-9,11,14H,4-5H2,1-3H3,(H,20,26)/t8-,9-,11-,14-,25?/m1/s1. The zero-order valence-electron chi connectivity index (χ0n) is 14.5. The lowest BCUT2D eigenvalue weighted by atomic mass is 10.1. The van der Waals surface area contributed by atoms with E-state index in [9.17, 15) is 4.89 Å². The lowest BCUT2D eigenvalue weighted by Gasteiger charge is -2.22. The van der Waals surface area contributed by atoms with Crippen LogP contribution in [0.2, 0.25) is 0 Å². The average molecular weight is 406 g/mol. The fraction of sp³-hybridized carbons (Fsp3) is 0.643. The maximum atomic E-state index is 15.1. The molecule has 0 radical (unpaired) electrons. The molecule has 2 aromatic rings. The molecule has 0 spiro atoms. The first-order chi connectivity index (χ1) is 12.4. The first-order valence-electron chi connectivity index (χ1n) is 7.93. The van der Waals surface area contributed by atoms with Gasteiger partial charge in [0.25, 0.3) is 0 Å². The van der Waals surface area contributed by atoms with Crippen molar-refractivity contribution in [1.82, 2.24) is 19.5 Å². The molecule has 1 N–H and O–H groups in total. The fourth-order valence-electron chi connectivity index (χ4n) is 2.83. The van der Waals surface area contributed by atoms with Gasteiger partial charge < -0.3 is 23.6 Å². The minimum Gasteiger partial charge on any atom is -0.476 e. The van der Waals surface area contributed by atoms with E-state index >= 15 is 4.39 Å². The summed E-state index contributed by atoms with van der Waals surface area (Å²) >= 11 is 4.90. The lowest BCUT2D eigenvalue weighted by Crippen LogP contribution is -2.33. The molecule has 3 rings (SSSR count). The molecule has 3 heterocycles. The number of hydrogen-bond donors (Lipinski definition) is 1. The maximum Gasteiger partial charge on any atom is 0.245 e. The minimum absolute atomic E-state index is 0.0860. The molecule has 1 fully saturated rings. The largest absolute Gasteiger partial charge is 0.476 e. The fourth-order valence-corrected chi connectivity index (χ4v) is 3.83. The number of aromatic nitrogens is 4. The third-order valence-corrected chi connectivity index (χ3v) is 4.69. The van der Waals surface area contributed by atoms with Crippen LogP contribution in [0.3, 0.4) is 0 Å². The number of alkyl halides is 1. The lowest BCUT2D eigenvalue weighted by molar-refractivity contribution is -0.0516. The Labute approximate surface area is 154 Å². The second-order valence-electron chi connectivity index (χ2n) is 5.77. The summed E-state index contributed by atoms with van der Waals surface area (Å²) in [7, 11) is 1.47. The van der Waals surface area contributed by atoms with Crippen molar-refractivity contribution >= 4 is 29.5 Å². The Morgan fingerprint density at radius 3 is 2.85 bits per heavy atom. The number of hydrogen-bond acceptors (Lipinski definition) is 8. The van der Waals surface area contributed by atoms with Gasteiger partial charge in [0, 0.05) is 13.8 Å². The van der Waals surface area contributed by atoms with Crippen LogP contribution in [-0.2, 0) is 25.8 Å². The molecule has 144 valence electrons. The molecule has 12 heteroatoms. The maximum absolute atomic E-state index is 15.1. The van der Waals surface area contributed by atoms with Crippen molar-refractivity contribution in [2.75, 3.05) is 27.0 Å². The molecule has 9 nitrogen and oxygen atoms in total. The molecule has 1 aliphatic heterocycles. The van der Waals surface area contributed by atoms with E-state index in [1.54, 1.807) is 0 Å². The predicted octanol–water partition coefficient (Wildman–Crippen LogP) is 1.42. The Morgan fingerprint density at radius 1 is 1.42 bits per heavy atom. The zero-order chi connectivity index (χ0) is 18.9. The van der Waals surface area contributed by atoms with E-state index in [0.717, 1.165) is 0 Å². The van der Waals surface area contributed by atoms with E-state index in [2.05, 4.69) is 15.0 Å². The number of fused-ring (bicyclic) bond motifs is 1. The third-order valence-electron chi connectivity index (χ3n) is 3.80. The Morgan fingerprint density at radius 2 is 2.19 bits per heavy atom. The first-order valence-corrected chi connectivity index (χ1v) is 11.0. The van der Waals surface area contributed by atoms with Crippen LogP contribution >= 0.6 is 6.49 Å². The predicted molar refractivity (Wildman–Crippen MR) is 94.5 cm³/mol. The van der Waals surface area contributed by atoms with Crippen LogP contribution in [0.15, 0.2) is 12.7 Å². The van der Waals surface area contributed by atoms with Gasteiger partial charge in [-0.25, -0.2) is 14.4 Å². The molecule has 0 amide bonds. The van der Waals surface area contributed by atoms with Gasteiger partial charge >= 0.3 is 0 Å². The van der Waals surface area contributed by atoms with Gasteiger partial charge in [0.2, 0.25) is 5.88 Å². The zero-order valence-corrected chi connectivity index (χ0v) is 16.2. The summed E-state index contributed by atoms with van der Waals surface area (Å²) in [4.78, 5) is 22.3. The topological polar surface area (TPSA) is 101 Å². The summed E-state index contributed by atoms with van der Waals surface area (Å²) in [6, 6.07) is 0. The molecule has 0 saturated carbocycles. The van der Waals surface area contributed by atoms with Crippen LogP contribution in [0, 0.1) is 0 Å². The Kier molecular flexibility index (Phi) is 5.85. The van der Waals surface area contributed by atoms with Gasteiger partial charge in [0.05, 0.1) is 19.5 Å². The quantitative estimate of drug-likeness (QED) is 0.684. The van der Waals surface area contributed by atoms with Gasteiger partial charge in [-0.2, -0.15) is 4.98 Å². The van der Waals surface area contributed by atoms with Crippen molar-refractivity contribution < 1.29 is 28.0 Å². The number of methoxy groups -OCH3 is 1. The third kappa shape index (κ3) is 3.88. The van der Waals surface area contributed by atoms with E-state index in [4.69, 9.17) is 30.5 Å². The van der Waals surface area contributed by atoms with Gasteiger partial charge in [0.1, 0.15) is 18.5 Å². The molecular formula is C14H20FN4O5PS. The van der Waals surface area contributed by atoms with Crippen molar-refractivity contribution in [2.45, 2.75) is 31.5 Å². The molecule has 5 atom stereocenters. The Bertz CT molecular complexity index is 818. The van der Waals surface area contributed by atoms with E-state index in [1.807, 2.05) is 6.92 Å². The summed E-state index contributed by atoms with van der Waals surface area (Å²) in [5, 5.41) is 0. The van der Waals surface area contributed by atoms with Crippen LogP contribution in [-0.4, -0.2) is 69.8 Å². The smallest absolute Gasteiger partial charge is 0.245 e. The van der Waals surface area contributed by atoms with Gasteiger partial charge in [-0.3, -0.25) is 4.57 Å². The number of rotatable bonds is 7. The molecule has 1 saturated heterocycles. The van der Waals surface area contributed by atoms with Crippen LogP contribution in [0.1, 0.15) is 13.2 Å². The van der Waals surface area contributed by atoms with Gasteiger partial charge in [-0.05, 0) is 18.7 Å². The van der Waals surface area contributed by atoms with Crippen molar-refractivity contribution in [3.8, 4) is 5.88 Å². The molecule has 0 aromatic carbocycles. The Hall–Kier alpha value is -1.23. The highest BCUT2D eigenvalue weighted by Crippen LogP contribution is 2.46. The van der Waals surface area contributed by atoms with Gasteiger partial charge in [0.15, 0.2) is 30.1 Å². The van der Waals surface area contributed by atoms with Gasteiger partial charge in [-0.1, -0.05) is 0 Å². The second kappa shape index (κ2) is 7.79. The van der Waals surface area contributed by atoms with E-state index in [0.29, 0.717) is 23.7 Å². The van der Waals surface area contributed by atoms with E-state index < -0.39 is 31.1 Å². The number of halogens is 1. The Balaban J connectivity index is 1.95. The molecular weight excluding hydrogens is 386 g/mol. The second-order valence-corrected chi connectivity index (χ2v) is 9.62. The first kappa shape index (κ1) is 19.5. The molecule has 0 bridgehead atoms. The average Bonchev–Trinajstić information content (AvgIpc) is 3.11. The molecule has 1 unspecified atom stereocenters. The molecule has 26 heavy (non-hydrogen) atoms. The summed E-state index contributed by atoms with van der Waals surface area (Å²) in [5.41, 5.74) is 0.772. The van der Waals surface area contributed by atoms with E-state index in [1.165, 1.54) is 31.0 Å². The summed E-state index contributed by atoms with van der Waals surface area (Å²) in [6.07, 6.45) is -1.74. The highest BCUT2D eigenvalue weighted by molar-refractivity contribution is 8.09. The summed E-state index contributed by atoms with van der Waals surface area (Å²) < 4.78 is 38.2. The molecule has 0 aliphatic carbocycles. The van der Waals surface area contributed by atoms with Gasteiger partial charge in [-0.15, -0.1) is 0 Å². The highest BCUT2D eigenvalue weighted by Gasteiger charge is 2.48. The van der Waals surface area contributed by atoms with Crippen molar-refractivity contribution in [3.63, 3.8) is 0 Å². The van der Waals surface area contributed by atoms with E-state index in [-0.39, 0.29) is 6.61 Å².